The van der Waals surface area contributed by atoms with Crippen molar-refractivity contribution in [1.29, 1.82) is 0 Å². The van der Waals surface area contributed by atoms with Crippen LogP contribution < -0.4 is 5.32 Å². The number of piperidine rings is 1. The number of carbonyl (C=O) groups excluding carboxylic acids is 1. The molecule has 3 aromatic heterocycles. The van der Waals surface area contributed by atoms with Gasteiger partial charge >= 0.3 is 0 Å². The van der Waals surface area contributed by atoms with Crippen molar-refractivity contribution < 1.29 is 4.79 Å². The summed E-state index contributed by atoms with van der Waals surface area (Å²) < 4.78 is 1.88. The molecule has 0 radical (unpaired) electrons. The molecular weight excluding hydrogens is 484 g/mol. The van der Waals surface area contributed by atoms with Gasteiger partial charge in [-0.15, -0.1) is 0 Å². The van der Waals surface area contributed by atoms with Crippen molar-refractivity contribution in [3.8, 4) is 11.3 Å². The van der Waals surface area contributed by atoms with Crippen LogP contribution in [0.1, 0.15) is 88.0 Å². The molecule has 0 bridgehead atoms. The van der Waals surface area contributed by atoms with Crippen LogP contribution >= 0.6 is 0 Å². The number of fused-ring (bicyclic) bond motifs is 2. The summed E-state index contributed by atoms with van der Waals surface area (Å²) in [5, 5.41) is 9.15. The molecule has 4 aromatic rings. The van der Waals surface area contributed by atoms with Crippen LogP contribution in [-0.4, -0.2) is 56.6 Å². The summed E-state index contributed by atoms with van der Waals surface area (Å²) >= 11 is 0. The van der Waals surface area contributed by atoms with Crippen molar-refractivity contribution in [2.24, 2.45) is 5.41 Å². The molecule has 7 heteroatoms. The van der Waals surface area contributed by atoms with Crippen LogP contribution in [0.15, 0.2) is 30.7 Å². The van der Waals surface area contributed by atoms with Crippen molar-refractivity contribution in [2.75, 3.05) is 26.2 Å². The van der Waals surface area contributed by atoms with Gasteiger partial charge in [0.15, 0.2) is 5.65 Å². The summed E-state index contributed by atoms with van der Waals surface area (Å²) in [7, 11) is 0. The molecule has 0 unspecified atom stereocenters. The van der Waals surface area contributed by atoms with E-state index in [1.165, 1.54) is 38.9 Å². The number of aryl methyl sites for hydroxylation is 1. The third-order valence-electron chi connectivity index (χ3n) is 8.33. The lowest BCUT2D eigenvalue weighted by atomic mass is 9.87. The number of pyridine rings is 1. The zero-order chi connectivity index (χ0) is 27.9. The van der Waals surface area contributed by atoms with Gasteiger partial charge < -0.3 is 15.2 Å². The number of aromatic amines is 1. The summed E-state index contributed by atoms with van der Waals surface area (Å²) in [6.45, 7) is 18.8. The number of benzene rings is 1. The number of H-pyrrole nitrogens is 1. The number of amides is 1. The lowest BCUT2D eigenvalue weighted by Crippen LogP contribution is -2.39. The molecule has 1 saturated heterocycles. The van der Waals surface area contributed by atoms with Crippen LogP contribution in [0.25, 0.3) is 27.8 Å². The van der Waals surface area contributed by atoms with Crippen LogP contribution in [0.2, 0.25) is 0 Å². The van der Waals surface area contributed by atoms with E-state index in [4.69, 9.17) is 0 Å². The zero-order valence-corrected chi connectivity index (χ0v) is 24.7. The molecular formula is C32H44N6O. The van der Waals surface area contributed by atoms with E-state index in [0.717, 1.165) is 50.2 Å². The number of likely N-dealkylation sites (tertiary alicyclic amines) is 1. The second-order valence-electron chi connectivity index (χ2n) is 12.8. The molecule has 1 fully saturated rings. The average Bonchev–Trinajstić information content (AvgIpc) is 3.52. The summed E-state index contributed by atoms with van der Waals surface area (Å²) in [5.74, 6) is 1.12. The highest BCUT2D eigenvalue weighted by molar-refractivity contribution is 5.92. The normalized spacial score (nSPS) is 15.2. The molecule has 39 heavy (non-hydrogen) atoms. The molecule has 0 atom stereocenters. The maximum absolute atomic E-state index is 12.8. The first-order valence-corrected chi connectivity index (χ1v) is 14.5. The van der Waals surface area contributed by atoms with Gasteiger partial charge in [0.1, 0.15) is 6.33 Å². The van der Waals surface area contributed by atoms with Gasteiger partial charge in [-0.2, -0.15) is 5.10 Å². The number of hydrogen-bond donors (Lipinski definition) is 2. The van der Waals surface area contributed by atoms with Crippen molar-refractivity contribution in [1.82, 2.24) is 29.8 Å². The molecule has 2 N–H and O–H groups in total. The summed E-state index contributed by atoms with van der Waals surface area (Å²) in [6, 6.07) is 6.93. The van der Waals surface area contributed by atoms with E-state index >= 15 is 0 Å². The lowest BCUT2D eigenvalue weighted by Gasteiger charge is -2.32. The summed E-state index contributed by atoms with van der Waals surface area (Å²) in [5.41, 5.74) is 9.79. The second-order valence-corrected chi connectivity index (χ2v) is 12.8. The topological polar surface area (TPSA) is 78.3 Å². The van der Waals surface area contributed by atoms with Crippen LogP contribution in [0.3, 0.4) is 0 Å². The Hall–Kier alpha value is -3.19. The maximum Gasteiger partial charge on any atom is 0.223 e. The van der Waals surface area contributed by atoms with Crippen LogP contribution in [0.4, 0.5) is 0 Å². The predicted molar refractivity (Wildman–Crippen MR) is 159 cm³/mol. The average molecular weight is 529 g/mol. The highest BCUT2D eigenvalue weighted by Gasteiger charge is 2.25. The Labute approximate surface area is 232 Å². The van der Waals surface area contributed by atoms with Gasteiger partial charge in [-0.25, -0.2) is 9.50 Å². The van der Waals surface area contributed by atoms with E-state index in [1.54, 1.807) is 6.33 Å². The fourth-order valence-electron chi connectivity index (χ4n) is 6.03. The second kappa shape index (κ2) is 10.8. The van der Waals surface area contributed by atoms with Crippen molar-refractivity contribution in [3.63, 3.8) is 0 Å². The zero-order valence-electron chi connectivity index (χ0n) is 24.7. The standard InChI is InChI=1S/C32H44N6O/c1-20(2)29-25-16-24(23-11-14-37(15-12-23)28(39)10-13-33-18-32(5,6)7)8-9-27(25)36-30(29)26-17-38-31(34-19-35-38)22(4)21(26)3/h8-9,16-17,19-20,23,33,36H,10-15,18H2,1-7H3. The fraction of sp³-hybridized carbons (Fsp3) is 0.531. The lowest BCUT2D eigenvalue weighted by molar-refractivity contribution is -0.132. The Morgan fingerprint density at radius 3 is 2.59 bits per heavy atom. The number of nitrogens with zero attached hydrogens (tertiary/aromatic N) is 4. The molecule has 0 spiro atoms. The first-order chi connectivity index (χ1) is 18.5. The van der Waals surface area contributed by atoms with Gasteiger partial charge in [0, 0.05) is 55.3 Å². The summed E-state index contributed by atoms with van der Waals surface area (Å²) in [6.07, 6.45) is 6.34. The molecule has 0 saturated carbocycles. The van der Waals surface area contributed by atoms with Gasteiger partial charge in [0.05, 0.1) is 5.69 Å². The van der Waals surface area contributed by atoms with Crippen molar-refractivity contribution in [2.45, 2.75) is 79.6 Å². The molecule has 5 rings (SSSR count). The number of hydrogen-bond acceptors (Lipinski definition) is 4. The molecule has 4 heterocycles. The van der Waals surface area contributed by atoms with E-state index in [2.05, 4.69) is 98.1 Å². The van der Waals surface area contributed by atoms with Gasteiger partial charge in [-0.1, -0.05) is 40.7 Å². The Morgan fingerprint density at radius 1 is 1.15 bits per heavy atom. The quantitative estimate of drug-likeness (QED) is 0.274. The van der Waals surface area contributed by atoms with Gasteiger partial charge in [0.2, 0.25) is 5.91 Å². The molecule has 1 amide bonds. The number of nitrogens with one attached hydrogen (secondary N) is 2. The Balaban J connectivity index is 1.34. The maximum atomic E-state index is 12.8. The first-order valence-electron chi connectivity index (χ1n) is 14.5. The SMILES string of the molecule is Cc1c(-c2[nH]c3ccc(C4CCN(C(=O)CCNCC(C)(C)C)CC4)cc3c2C(C)C)cn2ncnc2c1C. The Bertz CT molecular complexity index is 1480. The first kappa shape index (κ1) is 27.4. The molecule has 1 aromatic carbocycles. The number of aromatic nitrogens is 4. The highest BCUT2D eigenvalue weighted by atomic mass is 16.2. The minimum Gasteiger partial charge on any atom is -0.354 e. The molecule has 1 aliphatic rings. The van der Waals surface area contributed by atoms with Gasteiger partial charge in [-0.05, 0) is 78.3 Å². The van der Waals surface area contributed by atoms with Crippen LogP contribution in [0, 0.1) is 19.3 Å². The van der Waals surface area contributed by atoms with Gasteiger partial charge in [0.25, 0.3) is 0 Å². The van der Waals surface area contributed by atoms with E-state index < -0.39 is 0 Å². The third-order valence-corrected chi connectivity index (χ3v) is 8.33. The van der Waals surface area contributed by atoms with Crippen molar-refractivity contribution >= 4 is 22.5 Å². The smallest absolute Gasteiger partial charge is 0.223 e. The highest BCUT2D eigenvalue weighted by Crippen LogP contribution is 2.40. The number of carbonyl (C=O) groups is 1. The monoisotopic (exact) mass is 528 g/mol. The Kier molecular flexibility index (Phi) is 7.55. The Morgan fingerprint density at radius 2 is 1.90 bits per heavy atom. The van der Waals surface area contributed by atoms with E-state index in [1.807, 2.05) is 4.52 Å². The van der Waals surface area contributed by atoms with Gasteiger partial charge in [-0.3, -0.25) is 4.79 Å². The van der Waals surface area contributed by atoms with E-state index in [-0.39, 0.29) is 11.3 Å². The third kappa shape index (κ3) is 5.60. The van der Waals surface area contributed by atoms with Crippen molar-refractivity contribution in [3.05, 3.63) is 53.0 Å². The predicted octanol–water partition coefficient (Wildman–Crippen LogP) is 6.35. The molecule has 1 aliphatic heterocycles. The largest absolute Gasteiger partial charge is 0.354 e. The molecule has 7 nitrogen and oxygen atoms in total. The van der Waals surface area contributed by atoms with E-state index in [0.29, 0.717) is 18.3 Å². The molecule has 0 aliphatic carbocycles. The molecule has 208 valence electrons. The fourth-order valence-corrected chi connectivity index (χ4v) is 6.03. The van der Waals surface area contributed by atoms with Crippen LogP contribution in [-0.2, 0) is 4.79 Å². The minimum atomic E-state index is 0.237. The van der Waals surface area contributed by atoms with Crippen LogP contribution in [0.5, 0.6) is 0 Å². The summed E-state index contributed by atoms with van der Waals surface area (Å²) in [4.78, 5) is 23.0. The van der Waals surface area contributed by atoms with E-state index in [9.17, 15) is 4.79 Å². The minimum absolute atomic E-state index is 0.237. The number of rotatable bonds is 7.